The van der Waals surface area contributed by atoms with Crippen LogP contribution in [0.15, 0.2) is 74.4 Å². The molecule has 17 heavy (non-hydrogen) atoms. The maximum absolute atomic E-state index is 7.26. The second-order valence-corrected chi connectivity index (χ2v) is 2.26. The monoisotopic (exact) mass is 226 g/mol. The van der Waals surface area contributed by atoms with Crippen molar-refractivity contribution in [2.24, 2.45) is 0 Å². The Morgan fingerprint density at radius 3 is 1.00 bits per heavy atom. The zero-order valence-corrected chi connectivity index (χ0v) is 10.2. The molecule has 0 saturated heterocycles. The Bertz CT molecular complexity index is 295. The fourth-order valence-electron chi connectivity index (χ4n) is 0.385. The molecule has 0 aromatic heterocycles. The van der Waals surface area contributed by atoms with Gasteiger partial charge < -0.3 is 0 Å². The second kappa shape index (κ2) is 29.2. The van der Waals surface area contributed by atoms with E-state index < -0.39 is 0 Å². The molecule has 1 aromatic carbocycles. The Kier molecular flexibility index (Phi) is 34.2. The molecule has 0 atom stereocenters. The molecule has 0 aliphatic carbocycles. The van der Waals surface area contributed by atoms with Gasteiger partial charge in [0.1, 0.15) is 0 Å². The predicted octanol–water partition coefficient (Wildman–Crippen LogP) is 4.27. The van der Waals surface area contributed by atoms with Gasteiger partial charge in [-0.25, -0.2) is 0 Å². The summed E-state index contributed by atoms with van der Waals surface area (Å²) < 4.78 is 0. The molecule has 0 saturated carbocycles. The first-order valence-corrected chi connectivity index (χ1v) is 4.83. The van der Waals surface area contributed by atoms with Gasteiger partial charge >= 0.3 is 0 Å². The topological polar surface area (TPSA) is 47.6 Å². The SMILES string of the molecule is C=CC.C=CC=C.N#CC#N.c1ccccc1. The van der Waals surface area contributed by atoms with E-state index in [0.29, 0.717) is 0 Å². The predicted molar refractivity (Wildman–Crippen MR) is 73.9 cm³/mol. The first kappa shape index (κ1) is 19.9. The maximum Gasteiger partial charge on any atom is 0.181 e. The Balaban J connectivity index is -0.000000161. The molecule has 0 aliphatic rings. The number of nitrogens with zero attached hydrogens (tertiary/aromatic N) is 2. The van der Waals surface area contributed by atoms with Crippen LogP contribution in [0.2, 0.25) is 0 Å². The van der Waals surface area contributed by atoms with Crippen molar-refractivity contribution in [1.82, 2.24) is 0 Å². The Morgan fingerprint density at radius 1 is 0.765 bits per heavy atom. The largest absolute Gasteiger partial charge is 0.181 e. The molecule has 0 bridgehead atoms. The van der Waals surface area contributed by atoms with Crippen molar-refractivity contribution >= 4 is 0 Å². The summed E-state index contributed by atoms with van der Waals surface area (Å²) in [6, 6.07) is 14.5. The number of hydrogen-bond acceptors (Lipinski definition) is 2. The van der Waals surface area contributed by atoms with Crippen LogP contribution in [-0.2, 0) is 0 Å². The molecule has 1 aromatic rings. The Labute approximate surface area is 104 Å². The molecule has 2 nitrogen and oxygen atoms in total. The Morgan fingerprint density at radius 2 is 0.941 bits per heavy atom. The van der Waals surface area contributed by atoms with Gasteiger partial charge in [0, 0.05) is 0 Å². The molecular formula is C15H18N2. The molecule has 0 heterocycles. The van der Waals surface area contributed by atoms with E-state index in [1.165, 1.54) is 12.1 Å². The summed E-state index contributed by atoms with van der Waals surface area (Å²) in [5, 5.41) is 14.5. The molecule has 0 N–H and O–H groups in total. The van der Waals surface area contributed by atoms with Crippen LogP contribution in [0.4, 0.5) is 0 Å². The lowest BCUT2D eigenvalue weighted by Crippen LogP contribution is -1.47. The highest BCUT2D eigenvalue weighted by atomic mass is 14.3. The van der Waals surface area contributed by atoms with Gasteiger partial charge in [-0.2, -0.15) is 10.5 Å². The molecule has 0 radical (unpaired) electrons. The highest BCUT2D eigenvalue weighted by Crippen LogP contribution is 1.79. The minimum Gasteiger partial charge on any atom is -0.181 e. The van der Waals surface area contributed by atoms with Crippen LogP contribution in [0.3, 0.4) is 0 Å². The van der Waals surface area contributed by atoms with Crippen molar-refractivity contribution in [3.05, 3.63) is 74.4 Å². The first-order chi connectivity index (χ1) is 8.24. The van der Waals surface area contributed by atoms with Crippen LogP contribution >= 0.6 is 0 Å². The zero-order chi connectivity index (χ0) is 13.8. The average Bonchev–Trinajstić information content (AvgIpc) is 2.42. The van der Waals surface area contributed by atoms with Crippen LogP contribution in [0.5, 0.6) is 0 Å². The van der Waals surface area contributed by atoms with Gasteiger partial charge in [0.2, 0.25) is 0 Å². The van der Waals surface area contributed by atoms with E-state index in [1.54, 1.807) is 18.2 Å². The summed E-state index contributed by atoms with van der Waals surface area (Å²) in [7, 11) is 0. The molecule has 88 valence electrons. The third-order valence-corrected chi connectivity index (χ3v) is 0.883. The molecule has 0 unspecified atom stereocenters. The van der Waals surface area contributed by atoms with Crippen molar-refractivity contribution in [3.8, 4) is 12.1 Å². The standard InChI is InChI=1S/C6H6.C4H6.C3H6.C2N2/c1-2-4-6-5-3-1;1-3-4-2;1-3-2;3-1-2-4/h1-6H;3-4H,1-2H2;3H,1H2,2H3;. The van der Waals surface area contributed by atoms with Gasteiger partial charge in [-0.05, 0) is 6.92 Å². The second-order valence-electron chi connectivity index (χ2n) is 2.26. The molecule has 0 amide bonds. The fraction of sp³-hybridized carbons (Fsp3) is 0.0667. The van der Waals surface area contributed by atoms with Crippen molar-refractivity contribution in [1.29, 1.82) is 10.5 Å². The van der Waals surface area contributed by atoms with E-state index in [9.17, 15) is 0 Å². The van der Waals surface area contributed by atoms with E-state index in [-0.39, 0.29) is 0 Å². The van der Waals surface area contributed by atoms with Gasteiger partial charge in [0.15, 0.2) is 12.1 Å². The van der Waals surface area contributed by atoms with Crippen LogP contribution < -0.4 is 0 Å². The highest BCUT2D eigenvalue weighted by Gasteiger charge is 1.57. The lowest BCUT2D eigenvalue weighted by molar-refractivity contribution is 1.49. The summed E-state index contributed by atoms with van der Waals surface area (Å²) in [4.78, 5) is 0. The fourth-order valence-corrected chi connectivity index (χ4v) is 0.385. The molecular weight excluding hydrogens is 208 g/mol. The molecule has 2 heteroatoms. The van der Waals surface area contributed by atoms with E-state index >= 15 is 0 Å². The summed E-state index contributed by atoms with van der Waals surface area (Å²) in [5.41, 5.74) is 0. The minimum atomic E-state index is 1.24. The van der Waals surface area contributed by atoms with Crippen LogP contribution in [0.1, 0.15) is 6.92 Å². The molecule has 0 aliphatic heterocycles. The van der Waals surface area contributed by atoms with Gasteiger partial charge in [-0.3, -0.25) is 0 Å². The third-order valence-electron chi connectivity index (χ3n) is 0.883. The average molecular weight is 226 g/mol. The number of nitriles is 2. The highest BCUT2D eigenvalue weighted by molar-refractivity contribution is 4.99. The molecule has 0 fully saturated rings. The Hall–Kier alpha value is -2.58. The summed E-state index contributed by atoms with van der Waals surface area (Å²) in [6.07, 6.45) is 5.03. The van der Waals surface area contributed by atoms with Gasteiger partial charge in [-0.15, -0.1) is 6.58 Å². The number of allylic oxidation sites excluding steroid dienone is 3. The van der Waals surface area contributed by atoms with E-state index in [4.69, 9.17) is 10.5 Å². The number of rotatable bonds is 1. The lowest BCUT2D eigenvalue weighted by atomic mass is 10.4. The van der Waals surface area contributed by atoms with Crippen molar-refractivity contribution in [2.75, 3.05) is 0 Å². The number of hydrogen-bond donors (Lipinski definition) is 0. The smallest absolute Gasteiger partial charge is 0.181 e. The normalized spacial score (nSPS) is 5.35. The van der Waals surface area contributed by atoms with Gasteiger partial charge in [0.25, 0.3) is 0 Å². The van der Waals surface area contributed by atoms with Crippen LogP contribution in [-0.4, -0.2) is 0 Å². The number of benzene rings is 1. The van der Waals surface area contributed by atoms with E-state index in [1.807, 2.05) is 43.3 Å². The molecule has 1 rings (SSSR count). The summed E-state index contributed by atoms with van der Waals surface area (Å²) in [5.74, 6) is 0. The van der Waals surface area contributed by atoms with Gasteiger partial charge in [0.05, 0.1) is 0 Å². The summed E-state index contributed by atoms with van der Waals surface area (Å²) >= 11 is 0. The third kappa shape index (κ3) is 59.6. The molecule has 0 spiro atoms. The van der Waals surface area contributed by atoms with Crippen molar-refractivity contribution < 1.29 is 0 Å². The van der Waals surface area contributed by atoms with Crippen molar-refractivity contribution in [2.45, 2.75) is 6.92 Å². The van der Waals surface area contributed by atoms with Crippen molar-refractivity contribution in [3.63, 3.8) is 0 Å². The quantitative estimate of drug-likeness (QED) is 0.530. The van der Waals surface area contributed by atoms with E-state index in [0.717, 1.165) is 0 Å². The lowest BCUT2D eigenvalue weighted by Gasteiger charge is -1.69. The van der Waals surface area contributed by atoms with E-state index in [2.05, 4.69) is 19.7 Å². The van der Waals surface area contributed by atoms with Gasteiger partial charge in [-0.1, -0.05) is 67.8 Å². The summed E-state index contributed by atoms with van der Waals surface area (Å²) in [6.45, 7) is 12.0. The first-order valence-electron chi connectivity index (χ1n) is 4.83. The van der Waals surface area contributed by atoms with Crippen LogP contribution in [0.25, 0.3) is 0 Å². The zero-order valence-electron chi connectivity index (χ0n) is 10.2. The van der Waals surface area contributed by atoms with Crippen LogP contribution in [0, 0.1) is 22.7 Å². The minimum absolute atomic E-state index is 1.24. The maximum atomic E-state index is 7.26.